The van der Waals surface area contributed by atoms with Crippen LogP contribution in [0.3, 0.4) is 0 Å². The van der Waals surface area contributed by atoms with Gasteiger partial charge in [-0.3, -0.25) is 9.59 Å². The van der Waals surface area contributed by atoms with Gasteiger partial charge in [-0.25, -0.2) is 15.0 Å². The molecule has 8 heteroatoms. The van der Waals surface area contributed by atoms with Crippen molar-refractivity contribution in [2.24, 2.45) is 11.8 Å². The lowest BCUT2D eigenvalue weighted by Crippen LogP contribution is -2.47. The molecule has 154 valence electrons. The van der Waals surface area contributed by atoms with E-state index in [4.69, 9.17) is 0 Å². The van der Waals surface area contributed by atoms with Crippen LogP contribution in [-0.4, -0.2) is 55.8 Å². The predicted octanol–water partition coefficient (Wildman–Crippen LogP) is 1.81. The second kappa shape index (κ2) is 8.31. The number of nitrogens with one attached hydrogen (secondary N) is 2. The summed E-state index contributed by atoms with van der Waals surface area (Å²) in [7, 11) is 0. The second-order valence-corrected chi connectivity index (χ2v) is 8.27. The van der Waals surface area contributed by atoms with Crippen LogP contribution in [0.2, 0.25) is 0 Å². The highest BCUT2D eigenvalue weighted by Crippen LogP contribution is 2.38. The molecule has 2 aliphatic rings. The number of rotatable bonds is 6. The van der Waals surface area contributed by atoms with Crippen molar-refractivity contribution in [3.05, 3.63) is 41.5 Å². The minimum absolute atomic E-state index is 0.0859. The molecule has 2 amide bonds. The van der Waals surface area contributed by atoms with Gasteiger partial charge >= 0.3 is 0 Å². The first-order valence-corrected chi connectivity index (χ1v) is 10.4. The molecule has 2 aromatic heterocycles. The van der Waals surface area contributed by atoms with Crippen molar-refractivity contribution < 1.29 is 9.59 Å². The highest BCUT2D eigenvalue weighted by molar-refractivity contribution is 5.92. The zero-order valence-electron chi connectivity index (χ0n) is 17.0. The van der Waals surface area contributed by atoms with Gasteiger partial charge < -0.3 is 15.2 Å². The van der Waals surface area contributed by atoms with E-state index in [-0.39, 0.29) is 17.9 Å². The summed E-state index contributed by atoms with van der Waals surface area (Å²) in [5, 5.41) is 3.07. The van der Waals surface area contributed by atoms with Gasteiger partial charge in [0.05, 0.1) is 6.20 Å². The van der Waals surface area contributed by atoms with E-state index in [0.717, 1.165) is 49.7 Å². The summed E-state index contributed by atoms with van der Waals surface area (Å²) in [6.45, 7) is 5.37. The van der Waals surface area contributed by atoms with Gasteiger partial charge in [-0.1, -0.05) is 0 Å². The molecule has 0 spiro atoms. The van der Waals surface area contributed by atoms with Crippen molar-refractivity contribution in [1.82, 2.24) is 30.2 Å². The third kappa shape index (κ3) is 4.63. The van der Waals surface area contributed by atoms with Gasteiger partial charge in [-0.2, -0.15) is 0 Å². The maximum absolute atomic E-state index is 12.6. The normalized spacial score (nSPS) is 23.7. The van der Waals surface area contributed by atoms with Crippen LogP contribution in [0.25, 0.3) is 0 Å². The molecule has 2 aromatic rings. The highest BCUT2D eigenvalue weighted by Gasteiger charge is 2.39. The average molecular weight is 396 g/mol. The van der Waals surface area contributed by atoms with Gasteiger partial charge in [0.15, 0.2) is 0 Å². The van der Waals surface area contributed by atoms with Crippen molar-refractivity contribution in [3.8, 4) is 0 Å². The minimum Gasteiger partial charge on any atom is -0.348 e. The Labute approximate surface area is 170 Å². The quantitative estimate of drug-likeness (QED) is 0.775. The molecule has 1 aliphatic heterocycles. The number of aromatic nitrogens is 4. The lowest BCUT2D eigenvalue weighted by molar-refractivity contribution is -0.130. The number of likely N-dealkylation sites (tertiary alicyclic amines) is 1. The maximum Gasteiger partial charge on any atom is 0.269 e. The largest absolute Gasteiger partial charge is 0.348 e. The summed E-state index contributed by atoms with van der Waals surface area (Å²) in [6.07, 6.45) is 7.52. The molecule has 4 rings (SSSR count). The fourth-order valence-electron chi connectivity index (χ4n) is 4.40. The topological polar surface area (TPSA) is 104 Å². The lowest BCUT2D eigenvalue weighted by atomic mass is 9.72. The monoisotopic (exact) mass is 396 g/mol. The number of hydrogen-bond donors (Lipinski definition) is 2. The van der Waals surface area contributed by atoms with Crippen LogP contribution in [-0.2, 0) is 11.2 Å². The molecule has 1 unspecified atom stereocenters. The molecule has 0 bridgehead atoms. The number of carbonyl (C=O) groups is 2. The Morgan fingerprint density at radius 3 is 2.79 bits per heavy atom. The van der Waals surface area contributed by atoms with Crippen molar-refractivity contribution in [3.63, 3.8) is 0 Å². The highest BCUT2D eigenvalue weighted by atomic mass is 16.2. The third-order valence-corrected chi connectivity index (χ3v) is 6.13. The molecule has 3 heterocycles. The standard InChI is InChI=1S/C21H28N6O2/c1-13-22-7-5-17(24-13)3-4-20(28)27-8-6-15(12-27)16-9-18(10-16)26-21(29)19-11-23-14(2)25-19/h5,7,11,15-16,18H,3-4,6,8-10,12H2,1-2H3,(H,23,25)(H,26,29). The van der Waals surface area contributed by atoms with Crippen molar-refractivity contribution >= 4 is 11.8 Å². The Morgan fingerprint density at radius 2 is 2.07 bits per heavy atom. The molecular weight excluding hydrogens is 368 g/mol. The second-order valence-electron chi connectivity index (χ2n) is 8.27. The van der Waals surface area contributed by atoms with Crippen LogP contribution in [0.4, 0.5) is 0 Å². The first-order chi connectivity index (χ1) is 14.0. The molecule has 1 atom stereocenters. The molecule has 0 radical (unpaired) electrons. The predicted molar refractivity (Wildman–Crippen MR) is 107 cm³/mol. The SMILES string of the molecule is Cc1nccc(CCC(=O)N2CCC(C3CC(NC(=O)c4cnc(C)[nH]4)C3)C2)n1. The Morgan fingerprint density at radius 1 is 1.24 bits per heavy atom. The first-order valence-electron chi connectivity index (χ1n) is 10.4. The third-order valence-electron chi connectivity index (χ3n) is 6.13. The van der Waals surface area contributed by atoms with Crippen LogP contribution in [0.5, 0.6) is 0 Å². The number of imidazole rings is 1. The molecular formula is C21H28N6O2. The molecule has 29 heavy (non-hydrogen) atoms. The number of H-pyrrole nitrogens is 1. The first kappa shape index (κ1) is 19.5. The van der Waals surface area contributed by atoms with Crippen LogP contribution < -0.4 is 5.32 Å². The Hall–Kier alpha value is -2.77. The Balaban J connectivity index is 1.18. The fourth-order valence-corrected chi connectivity index (χ4v) is 4.40. The van der Waals surface area contributed by atoms with E-state index in [0.29, 0.717) is 30.4 Å². The van der Waals surface area contributed by atoms with Crippen molar-refractivity contribution in [2.75, 3.05) is 13.1 Å². The molecule has 1 aliphatic carbocycles. The van der Waals surface area contributed by atoms with Gasteiger partial charge in [0, 0.05) is 37.4 Å². The number of amides is 2. The van der Waals surface area contributed by atoms with Gasteiger partial charge in [-0.15, -0.1) is 0 Å². The molecule has 8 nitrogen and oxygen atoms in total. The number of carbonyl (C=O) groups excluding carboxylic acids is 2. The number of hydrogen-bond acceptors (Lipinski definition) is 5. The fraction of sp³-hybridized carbons (Fsp3) is 0.571. The van der Waals surface area contributed by atoms with E-state index in [1.165, 1.54) is 0 Å². The zero-order valence-corrected chi connectivity index (χ0v) is 17.0. The van der Waals surface area contributed by atoms with E-state index in [1.807, 2.05) is 24.8 Å². The van der Waals surface area contributed by atoms with E-state index in [2.05, 4.69) is 25.3 Å². The van der Waals surface area contributed by atoms with E-state index >= 15 is 0 Å². The number of aryl methyl sites for hydroxylation is 3. The maximum atomic E-state index is 12.6. The smallest absolute Gasteiger partial charge is 0.269 e. The average Bonchev–Trinajstić information content (AvgIpc) is 3.31. The molecule has 1 saturated carbocycles. The summed E-state index contributed by atoms with van der Waals surface area (Å²) in [4.78, 5) is 42.3. The summed E-state index contributed by atoms with van der Waals surface area (Å²) < 4.78 is 0. The van der Waals surface area contributed by atoms with Gasteiger partial charge in [0.1, 0.15) is 17.3 Å². The molecule has 2 N–H and O–H groups in total. The van der Waals surface area contributed by atoms with Crippen LogP contribution in [0.1, 0.15) is 53.5 Å². The van der Waals surface area contributed by atoms with E-state index < -0.39 is 0 Å². The van der Waals surface area contributed by atoms with Crippen molar-refractivity contribution in [2.45, 2.75) is 52.0 Å². The molecule has 2 fully saturated rings. The van der Waals surface area contributed by atoms with Crippen LogP contribution in [0, 0.1) is 25.7 Å². The van der Waals surface area contributed by atoms with Crippen LogP contribution in [0.15, 0.2) is 18.5 Å². The van der Waals surface area contributed by atoms with Gasteiger partial charge in [0.2, 0.25) is 5.91 Å². The summed E-state index contributed by atoms with van der Waals surface area (Å²) >= 11 is 0. The van der Waals surface area contributed by atoms with E-state index in [9.17, 15) is 9.59 Å². The van der Waals surface area contributed by atoms with Gasteiger partial charge in [0.25, 0.3) is 5.91 Å². The van der Waals surface area contributed by atoms with Crippen LogP contribution >= 0.6 is 0 Å². The molecule has 1 saturated heterocycles. The number of aromatic amines is 1. The molecule has 0 aromatic carbocycles. The van der Waals surface area contributed by atoms with Gasteiger partial charge in [-0.05, 0) is 57.4 Å². The lowest BCUT2D eigenvalue weighted by Gasteiger charge is -2.39. The zero-order chi connectivity index (χ0) is 20.4. The van der Waals surface area contributed by atoms with Crippen molar-refractivity contribution in [1.29, 1.82) is 0 Å². The Bertz CT molecular complexity index is 889. The summed E-state index contributed by atoms with van der Waals surface area (Å²) in [6, 6.07) is 2.10. The number of nitrogens with zero attached hydrogens (tertiary/aromatic N) is 4. The minimum atomic E-state index is -0.0859. The Kier molecular flexibility index (Phi) is 5.60. The summed E-state index contributed by atoms with van der Waals surface area (Å²) in [5.74, 6) is 2.74. The summed E-state index contributed by atoms with van der Waals surface area (Å²) in [5.41, 5.74) is 1.44. The van der Waals surface area contributed by atoms with E-state index in [1.54, 1.807) is 12.4 Å².